The number of methoxy groups -OCH3 is 1. The molecule has 0 spiro atoms. The minimum atomic E-state index is -0.141. The van der Waals surface area contributed by atoms with Gasteiger partial charge in [-0.2, -0.15) is 0 Å². The van der Waals surface area contributed by atoms with Gasteiger partial charge in [-0.05, 0) is 36.6 Å². The first kappa shape index (κ1) is 14.6. The van der Waals surface area contributed by atoms with E-state index >= 15 is 0 Å². The van der Waals surface area contributed by atoms with E-state index in [9.17, 15) is 4.79 Å². The molecule has 0 saturated heterocycles. The van der Waals surface area contributed by atoms with Gasteiger partial charge in [0, 0.05) is 18.1 Å². The molecule has 0 aliphatic heterocycles. The van der Waals surface area contributed by atoms with Crippen LogP contribution in [0.2, 0.25) is 5.02 Å². The van der Waals surface area contributed by atoms with Crippen molar-refractivity contribution in [3.05, 3.63) is 28.8 Å². The van der Waals surface area contributed by atoms with Gasteiger partial charge in [0.25, 0.3) is 0 Å². The Hall–Kier alpha value is -1.42. The Morgan fingerprint density at radius 1 is 1.33 bits per heavy atom. The van der Waals surface area contributed by atoms with Crippen molar-refractivity contribution in [1.82, 2.24) is 10.6 Å². The number of hydrogen-bond donors (Lipinski definition) is 2. The third-order valence-corrected chi connectivity index (χ3v) is 2.69. The summed E-state index contributed by atoms with van der Waals surface area (Å²) in [5, 5.41) is 6.21. The lowest BCUT2D eigenvalue weighted by Crippen LogP contribution is -2.36. The first-order chi connectivity index (χ1) is 8.67. The van der Waals surface area contributed by atoms with Crippen LogP contribution in [0, 0.1) is 0 Å². The SMILES string of the molecule is CCCNC(=O)NCCc1cc(Cl)ccc1OC. The Morgan fingerprint density at radius 3 is 2.72 bits per heavy atom. The second kappa shape index (κ2) is 7.82. The lowest BCUT2D eigenvalue weighted by molar-refractivity contribution is 0.241. The van der Waals surface area contributed by atoms with E-state index in [4.69, 9.17) is 16.3 Å². The van der Waals surface area contributed by atoms with Gasteiger partial charge in [-0.25, -0.2) is 4.79 Å². The van der Waals surface area contributed by atoms with Gasteiger partial charge < -0.3 is 15.4 Å². The van der Waals surface area contributed by atoms with E-state index in [0.29, 0.717) is 24.5 Å². The van der Waals surface area contributed by atoms with E-state index < -0.39 is 0 Å². The molecule has 18 heavy (non-hydrogen) atoms. The normalized spacial score (nSPS) is 9.94. The Balaban J connectivity index is 2.43. The number of benzene rings is 1. The fourth-order valence-corrected chi connectivity index (χ4v) is 1.75. The van der Waals surface area contributed by atoms with Gasteiger partial charge in [-0.15, -0.1) is 0 Å². The molecule has 0 aromatic heterocycles. The van der Waals surface area contributed by atoms with Crippen LogP contribution in [0.25, 0.3) is 0 Å². The molecule has 0 aliphatic rings. The Morgan fingerprint density at radius 2 is 2.06 bits per heavy atom. The van der Waals surface area contributed by atoms with Crippen molar-refractivity contribution in [2.75, 3.05) is 20.2 Å². The molecule has 2 N–H and O–H groups in total. The molecule has 0 radical (unpaired) electrons. The van der Waals surface area contributed by atoms with Gasteiger partial charge in [0.05, 0.1) is 7.11 Å². The highest BCUT2D eigenvalue weighted by atomic mass is 35.5. The van der Waals surface area contributed by atoms with Crippen molar-refractivity contribution in [1.29, 1.82) is 0 Å². The summed E-state index contributed by atoms with van der Waals surface area (Å²) in [6.45, 7) is 3.25. The molecule has 0 aliphatic carbocycles. The van der Waals surface area contributed by atoms with Crippen molar-refractivity contribution >= 4 is 17.6 Å². The average molecular weight is 271 g/mol. The number of carbonyl (C=O) groups excluding carboxylic acids is 1. The van der Waals surface area contributed by atoms with Crippen molar-refractivity contribution in [2.24, 2.45) is 0 Å². The Labute approximate surface area is 113 Å². The van der Waals surface area contributed by atoms with Crippen LogP contribution in [-0.2, 0) is 6.42 Å². The number of nitrogens with one attached hydrogen (secondary N) is 2. The van der Waals surface area contributed by atoms with Gasteiger partial charge >= 0.3 is 6.03 Å². The van der Waals surface area contributed by atoms with Crippen LogP contribution in [-0.4, -0.2) is 26.2 Å². The molecule has 1 aromatic carbocycles. The molecule has 1 aromatic rings. The topological polar surface area (TPSA) is 50.4 Å². The van der Waals surface area contributed by atoms with Crippen LogP contribution in [0.5, 0.6) is 5.75 Å². The minimum absolute atomic E-state index is 0.141. The van der Waals surface area contributed by atoms with E-state index in [1.807, 2.05) is 19.1 Å². The summed E-state index contributed by atoms with van der Waals surface area (Å²) < 4.78 is 5.24. The third-order valence-electron chi connectivity index (χ3n) is 2.46. The first-order valence-corrected chi connectivity index (χ1v) is 6.39. The second-order valence-electron chi connectivity index (χ2n) is 3.89. The molecule has 0 heterocycles. The van der Waals surface area contributed by atoms with Crippen molar-refractivity contribution in [2.45, 2.75) is 19.8 Å². The number of urea groups is 1. The molecule has 0 atom stereocenters. The number of carbonyl (C=O) groups is 1. The van der Waals surface area contributed by atoms with Crippen LogP contribution in [0.3, 0.4) is 0 Å². The zero-order valence-electron chi connectivity index (χ0n) is 10.8. The maximum Gasteiger partial charge on any atom is 0.314 e. The second-order valence-corrected chi connectivity index (χ2v) is 4.33. The number of amides is 2. The first-order valence-electron chi connectivity index (χ1n) is 6.01. The Kier molecular flexibility index (Phi) is 6.36. The van der Waals surface area contributed by atoms with Crippen molar-refractivity contribution < 1.29 is 9.53 Å². The van der Waals surface area contributed by atoms with Crippen LogP contribution in [0.4, 0.5) is 4.79 Å². The molecule has 1 rings (SSSR count). The van der Waals surface area contributed by atoms with Crippen molar-refractivity contribution in [3.8, 4) is 5.75 Å². The number of hydrogen-bond acceptors (Lipinski definition) is 2. The number of ether oxygens (including phenoxy) is 1. The fraction of sp³-hybridized carbons (Fsp3) is 0.462. The summed E-state index contributed by atoms with van der Waals surface area (Å²) >= 11 is 5.93. The maximum atomic E-state index is 11.3. The third kappa shape index (κ3) is 4.84. The smallest absolute Gasteiger partial charge is 0.314 e. The highest BCUT2D eigenvalue weighted by Crippen LogP contribution is 2.22. The molecular weight excluding hydrogens is 252 g/mol. The zero-order valence-corrected chi connectivity index (χ0v) is 11.5. The summed E-state index contributed by atoms with van der Waals surface area (Å²) in [4.78, 5) is 11.3. The summed E-state index contributed by atoms with van der Waals surface area (Å²) in [5.41, 5.74) is 0.987. The molecular formula is C13H19ClN2O2. The summed E-state index contributed by atoms with van der Waals surface area (Å²) in [6, 6.07) is 5.32. The van der Waals surface area contributed by atoms with Crippen LogP contribution < -0.4 is 15.4 Å². The predicted molar refractivity (Wildman–Crippen MR) is 73.4 cm³/mol. The lowest BCUT2D eigenvalue weighted by Gasteiger charge is -2.10. The summed E-state index contributed by atoms with van der Waals surface area (Å²) in [5.74, 6) is 0.787. The van der Waals surface area contributed by atoms with E-state index in [0.717, 1.165) is 17.7 Å². The van der Waals surface area contributed by atoms with Gasteiger partial charge in [-0.1, -0.05) is 18.5 Å². The molecule has 0 unspecified atom stereocenters. The molecule has 0 bridgehead atoms. The van der Waals surface area contributed by atoms with Crippen molar-refractivity contribution in [3.63, 3.8) is 0 Å². The molecule has 0 fully saturated rings. The summed E-state index contributed by atoms with van der Waals surface area (Å²) in [7, 11) is 1.62. The monoisotopic (exact) mass is 270 g/mol. The lowest BCUT2D eigenvalue weighted by atomic mass is 10.1. The van der Waals surface area contributed by atoms with E-state index in [-0.39, 0.29) is 6.03 Å². The highest BCUT2D eigenvalue weighted by molar-refractivity contribution is 6.30. The zero-order chi connectivity index (χ0) is 13.4. The number of rotatable bonds is 6. The molecule has 0 saturated carbocycles. The van der Waals surface area contributed by atoms with E-state index in [2.05, 4.69) is 10.6 Å². The van der Waals surface area contributed by atoms with Gasteiger partial charge in [0.2, 0.25) is 0 Å². The standard InChI is InChI=1S/C13H19ClN2O2/c1-3-7-15-13(17)16-8-6-10-9-11(14)4-5-12(10)18-2/h4-5,9H,3,6-8H2,1-2H3,(H2,15,16,17). The quantitative estimate of drug-likeness (QED) is 0.835. The van der Waals surface area contributed by atoms with Gasteiger partial charge in [0.1, 0.15) is 5.75 Å². The van der Waals surface area contributed by atoms with Gasteiger partial charge in [-0.3, -0.25) is 0 Å². The maximum absolute atomic E-state index is 11.3. The van der Waals surface area contributed by atoms with E-state index in [1.165, 1.54) is 0 Å². The predicted octanol–water partition coefficient (Wildman–Crippen LogP) is 2.60. The largest absolute Gasteiger partial charge is 0.496 e. The highest BCUT2D eigenvalue weighted by Gasteiger charge is 2.04. The fourth-order valence-electron chi connectivity index (χ4n) is 1.55. The Bertz CT molecular complexity index is 397. The minimum Gasteiger partial charge on any atom is -0.496 e. The van der Waals surface area contributed by atoms with Gasteiger partial charge in [0.15, 0.2) is 0 Å². The van der Waals surface area contributed by atoms with Crippen LogP contribution >= 0.6 is 11.6 Å². The molecule has 100 valence electrons. The average Bonchev–Trinajstić information content (AvgIpc) is 2.36. The van der Waals surface area contributed by atoms with E-state index in [1.54, 1.807) is 13.2 Å². The molecule has 4 nitrogen and oxygen atoms in total. The number of halogens is 1. The molecule has 5 heteroatoms. The van der Waals surface area contributed by atoms with Crippen LogP contribution in [0.1, 0.15) is 18.9 Å². The summed E-state index contributed by atoms with van der Waals surface area (Å²) in [6.07, 6.45) is 1.61. The van der Waals surface area contributed by atoms with Crippen LogP contribution in [0.15, 0.2) is 18.2 Å². The molecule has 2 amide bonds.